The molecule has 3 nitrogen and oxygen atoms in total. The lowest BCUT2D eigenvalue weighted by atomic mass is 10.0. The third-order valence-electron chi connectivity index (χ3n) is 2.39. The van der Waals surface area contributed by atoms with Gasteiger partial charge in [0.05, 0.1) is 11.6 Å². The Balaban J connectivity index is 2.45. The minimum Gasteiger partial charge on any atom is -0.369 e. The second-order valence-electron chi connectivity index (χ2n) is 3.10. The maximum atomic E-state index is 9.38. The van der Waals surface area contributed by atoms with Crippen LogP contribution >= 0.6 is 0 Å². The van der Waals surface area contributed by atoms with Gasteiger partial charge < -0.3 is 10.4 Å². The van der Waals surface area contributed by atoms with E-state index in [2.05, 4.69) is 11.4 Å². The lowest BCUT2D eigenvalue weighted by molar-refractivity contribution is 0.191. The van der Waals surface area contributed by atoms with Gasteiger partial charge in [-0.25, -0.2) is 0 Å². The molecule has 1 heterocycles. The molecule has 2 N–H and O–H groups in total. The summed E-state index contributed by atoms with van der Waals surface area (Å²) in [6.07, 6.45) is 4.11. The molecule has 0 aromatic rings. The summed E-state index contributed by atoms with van der Waals surface area (Å²) in [7, 11) is 0. The number of aliphatic hydroxyl groups is 1. The van der Waals surface area contributed by atoms with E-state index in [4.69, 9.17) is 5.26 Å². The number of nitrogens with one attached hydrogen (secondary N) is 1. The highest BCUT2D eigenvalue weighted by molar-refractivity contribution is 5.48. The topological polar surface area (TPSA) is 56.0 Å². The Hall–Kier alpha value is -1.27. The van der Waals surface area contributed by atoms with Crippen molar-refractivity contribution in [2.45, 2.75) is 25.5 Å². The van der Waals surface area contributed by atoms with Gasteiger partial charge in [-0.1, -0.05) is 0 Å². The fourth-order valence-corrected chi connectivity index (χ4v) is 1.79. The number of allylic oxidation sites excluding steroid dienone is 2. The standard InChI is InChI=1S/C9H10N2O/c10-4-8-7-3-1-2-6(7)5-11-9(8)12/h5,9,11-12H,1-3H2. The van der Waals surface area contributed by atoms with Crippen molar-refractivity contribution in [1.82, 2.24) is 5.32 Å². The molecule has 0 amide bonds. The van der Waals surface area contributed by atoms with Crippen LogP contribution < -0.4 is 5.32 Å². The zero-order chi connectivity index (χ0) is 8.55. The van der Waals surface area contributed by atoms with Gasteiger partial charge in [-0.2, -0.15) is 5.26 Å². The van der Waals surface area contributed by atoms with E-state index in [0.29, 0.717) is 5.57 Å². The molecule has 1 saturated carbocycles. The van der Waals surface area contributed by atoms with E-state index in [9.17, 15) is 5.11 Å². The molecule has 0 spiro atoms. The summed E-state index contributed by atoms with van der Waals surface area (Å²) >= 11 is 0. The number of dihydropyridines is 1. The zero-order valence-corrected chi connectivity index (χ0v) is 6.67. The predicted octanol–water partition coefficient (Wildman–Crippen LogP) is 0.796. The smallest absolute Gasteiger partial charge is 0.160 e. The zero-order valence-electron chi connectivity index (χ0n) is 6.67. The Morgan fingerprint density at radius 1 is 1.58 bits per heavy atom. The maximum Gasteiger partial charge on any atom is 0.160 e. The Kier molecular flexibility index (Phi) is 1.63. The first-order valence-corrected chi connectivity index (χ1v) is 4.09. The van der Waals surface area contributed by atoms with Crippen molar-refractivity contribution in [2.75, 3.05) is 0 Å². The molecule has 0 saturated heterocycles. The van der Waals surface area contributed by atoms with Crippen LogP contribution in [0.4, 0.5) is 0 Å². The first kappa shape index (κ1) is 7.38. The van der Waals surface area contributed by atoms with Gasteiger partial charge in [-0.05, 0) is 30.4 Å². The number of nitrogens with zero attached hydrogens (tertiary/aromatic N) is 1. The Morgan fingerprint density at radius 3 is 3.17 bits per heavy atom. The van der Waals surface area contributed by atoms with Gasteiger partial charge in [0, 0.05) is 6.20 Å². The van der Waals surface area contributed by atoms with E-state index in [1.165, 1.54) is 5.57 Å². The lowest BCUT2D eigenvalue weighted by Gasteiger charge is -2.18. The van der Waals surface area contributed by atoms with Crippen molar-refractivity contribution in [3.63, 3.8) is 0 Å². The number of rotatable bonds is 0. The van der Waals surface area contributed by atoms with Gasteiger partial charge in [0.25, 0.3) is 0 Å². The number of hydrogen-bond donors (Lipinski definition) is 2. The van der Waals surface area contributed by atoms with E-state index in [1.807, 2.05) is 6.20 Å². The van der Waals surface area contributed by atoms with Gasteiger partial charge in [-0.15, -0.1) is 0 Å². The predicted molar refractivity (Wildman–Crippen MR) is 43.7 cm³/mol. The molecule has 1 fully saturated rings. The highest BCUT2D eigenvalue weighted by atomic mass is 16.3. The van der Waals surface area contributed by atoms with Crippen LogP contribution in [0.25, 0.3) is 0 Å². The number of aliphatic hydroxyl groups excluding tert-OH is 1. The fraction of sp³-hybridized carbons (Fsp3) is 0.444. The van der Waals surface area contributed by atoms with E-state index in [-0.39, 0.29) is 0 Å². The molecule has 12 heavy (non-hydrogen) atoms. The van der Waals surface area contributed by atoms with Gasteiger partial charge in [0.15, 0.2) is 6.23 Å². The summed E-state index contributed by atoms with van der Waals surface area (Å²) in [6, 6.07) is 2.05. The summed E-state index contributed by atoms with van der Waals surface area (Å²) in [5.41, 5.74) is 2.76. The number of nitriles is 1. The second-order valence-corrected chi connectivity index (χ2v) is 3.10. The first-order chi connectivity index (χ1) is 5.83. The van der Waals surface area contributed by atoms with E-state index in [0.717, 1.165) is 24.8 Å². The molecule has 1 aliphatic heterocycles. The molecule has 3 heteroatoms. The van der Waals surface area contributed by atoms with Crippen LogP contribution in [0.1, 0.15) is 19.3 Å². The minimum absolute atomic E-state index is 0.505. The maximum absolute atomic E-state index is 9.38. The molecule has 1 atom stereocenters. The van der Waals surface area contributed by atoms with Crippen LogP contribution in [0.15, 0.2) is 22.9 Å². The third kappa shape index (κ3) is 0.926. The summed E-state index contributed by atoms with van der Waals surface area (Å²) in [5.74, 6) is 0. The van der Waals surface area contributed by atoms with Crippen LogP contribution in [0.2, 0.25) is 0 Å². The number of hydrogen-bond acceptors (Lipinski definition) is 3. The van der Waals surface area contributed by atoms with Crippen molar-refractivity contribution in [3.8, 4) is 6.07 Å². The largest absolute Gasteiger partial charge is 0.369 e. The molecule has 62 valence electrons. The average Bonchev–Trinajstić information content (AvgIpc) is 2.52. The monoisotopic (exact) mass is 162 g/mol. The molecule has 2 aliphatic rings. The van der Waals surface area contributed by atoms with Crippen molar-refractivity contribution in [1.29, 1.82) is 5.26 Å². The van der Waals surface area contributed by atoms with E-state index < -0.39 is 6.23 Å². The highest BCUT2D eigenvalue weighted by Gasteiger charge is 2.25. The van der Waals surface area contributed by atoms with Gasteiger partial charge in [0.2, 0.25) is 0 Å². The molecule has 0 aromatic carbocycles. The fourth-order valence-electron chi connectivity index (χ4n) is 1.79. The quantitative estimate of drug-likeness (QED) is 0.553. The summed E-state index contributed by atoms with van der Waals surface area (Å²) in [6.45, 7) is 0. The van der Waals surface area contributed by atoms with Crippen LogP contribution in [-0.2, 0) is 0 Å². The van der Waals surface area contributed by atoms with Gasteiger partial charge in [0.1, 0.15) is 0 Å². The SMILES string of the molecule is N#CC1=C2CCCC2=CNC1O. The van der Waals surface area contributed by atoms with Gasteiger partial charge in [-0.3, -0.25) is 0 Å². The highest BCUT2D eigenvalue weighted by Crippen LogP contribution is 2.34. The Bertz CT molecular complexity index is 309. The Morgan fingerprint density at radius 2 is 2.42 bits per heavy atom. The first-order valence-electron chi connectivity index (χ1n) is 4.09. The minimum atomic E-state index is -0.785. The van der Waals surface area contributed by atoms with E-state index in [1.54, 1.807) is 0 Å². The molecular formula is C9H10N2O. The van der Waals surface area contributed by atoms with Crippen molar-refractivity contribution >= 4 is 0 Å². The molecule has 2 rings (SSSR count). The Labute approximate surface area is 71.0 Å². The van der Waals surface area contributed by atoms with Crippen LogP contribution in [0, 0.1) is 11.3 Å². The second kappa shape index (κ2) is 2.65. The van der Waals surface area contributed by atoms with Gasteiger partial charge >= 0.3 is 0 Å². The molecule has 1 unspecified atom stereocenters. The van der Waals surface area contributed by atoms with Crippen LogP contribution in [0.5, 0.6) is 0 Å². The molecule has 1 aliphatic carbocycles. The summed E-state index contributed by atoms with van der Waals surface area (Å²) in [4.78, 5) is 0. The lowest BCUT2D eigenvalue weighted by Crippen LogP contribution is -2.29. The molecule has 0 aromatic heterocycles. The summed E-state index contributed by atoms with van der Waals surface area (Å²) < 4.78 is 0. The average molecular weight is 162 g/mol. The normalized spacial score (nSPS) is 27.3. The van der Waals surface area contributed by atoms with E-state index >= 15 is 0 Å². The van der Waals surface area contributed by atoms with Crippen molar-refractivity contribution < 1.29 is 5.11 Å². The van der Waals surface area contributed by atoms with Crippen LogP contribution in [0.3, 0.4) is 0 Å². The molecular weight excluding hydrogens is 152 g/mol. The van der Waals surface area contributed by atoms with Crippen LogP contribution in [-0.4, -0.2) is 11.3 Å². The van der Waals surface area contributed by atoms with Crippen molar-refractivity contribution in [2.24, 2.45) is 0 Å². The molecule has 0 radical (unpaired) electrons. The third-order valence-corrected chi connectivity index (χ3v) is 2.39. The van der Waals surface area contributed by atoms with Crippen molar-refractivity contribution in [3.05, 3.63) is 22.9 Å². The summed E-state index contributed by atoms with van der Waals surface area (Å²) in [5, 5.41) is 20.9. The number of fused-ring (bicyclic) bond motifs is 1. The molecule has 0 bridgehead atoms.